The summed E-state index contributed by atoms with van der Waals surface area (Å²) in [5, 5.41) is 0. The third-order valence-electron chi connectivity index (χ3n) is 24.5. The number of alkyl halides is 3. The maximum Gasteiger partial charge on any atom is 0.394 e. The molecule has 6 aliphatic carbocycles. The number of fused-ring (bicyclic) bond motifs is 6. The molecule has 0 atom stereocenters. The smallest absolute Gasteiger partial charge is 0.171 e. The van der Waals surface area contributed by atoms with Crippen LogP contribution < -0.4 is 0 Å². The van der Waals surface area contributed by atoms with E-state index in [1.165, 1.54) is 227 Å². The molecule has 6 saturated carbocycles. The van der Waals surface area contributed by atoms with E-state index in [9.17, 15) is 13.2 Å². The van der Waals surface area contributed by atoms with E-state index in [1.54, 1.807) is 98.4 Å². The van der Waals surface area contributed by atoms with Gasteiger partial charge in [-0.1, -0.05) is 98.3 Å². The lowest BCUT2D eigenvalue weighted by atomic mass is 9.69. The lowest BCUT2D eigenvalue weighted by molar-refractivity contribution is -0.228. The van der Waals surface area contributed by atoms with Crippen LogP contribution in [0.25, 0.3) is 56.4 Å². The standard InChI is InChI=1S/C16H19F3S2.C16H22S2.C15H20S2.2C14H18S2.C13H16S2/c1-9-8-12-14(20-9)13(10(2)21-12)11-4-6-15(3,7-5-11)16(17,18)19;1-10-9-13-15(17-10)14(11(2)18-13)12-5-7-16(3,4)8-6-12;1-10-8-13-14(16-10)12(11(2)17-13)9-15(3)6-4-5-7-15;1-9-7-13-14(15-9)12(10(2)16-13)8-11-5-3-4-6-11;1-9-8-12-14(15-9)13(10(2)16-12)11-6-4-3-5-7-11;1-8-7-11-13(14-8)12(9(2)15-11)10-5-3-4-6-10/h8,11H,4-7H2,1-3H3;9,12H,5-8H2,1-4H3;8H,4-7,9H2,1-3H3;7,11H,3-6,8H2,1-2H3;8,11H,3-7H2,1-2H3;7,10H,3-6H2,1-2H3. The van der Waals surface area contributed by atoms with Gasteiger partial charge in [0.2, 0.25) is 0 Å². The van der Waals surface area contributed by atoms with Crippen molar-refractivity contribution in [1.82, 2.24) is 0 Å². The molecule has 558 valence electrons. The average molecular weight is 1610 g/mol. The molecule has 0 bridgehead atoms. The summed E-state index contributed by atoms with van der Waals surface area (Å²) < 4.78 is 57.6. The van der Waals surface area contributed by atoms with Crippen molar-refractivity contribution in [2.24, 2.45) is 22.2 Å². The number of hydrogen-bond acceptors (Lipinski definition) is 12. The third-order valence-corrected chi connectivity index (χ3v) is 38.3. The van der Waals surface area contributed by atoms with Crippen molar-refractivity contribution in [2.75, 3.05) is 0 Å². The second-order valence-corrected chi connectivity index (χ2v) is 48.6. The summed E-state index contributed by atoms with van der Waals surface area (Å²) in [6, 6.07) is 14.0. The summed E-state index contributed by atoms with van der Waals surface area (Å²) in [7, 11) is 0. The van der Waals surface area contributed by atoms with Gasteiger partial charge in [-0.15, -0.1) is 136 Å². The largest absolute Gasteiger partial charge is 0.394 e. The second-order valence-electron chi connectivity index (χ2n) is 33.5. The maximum atomic E-state index is 13.1. The Hall–Kier alpha value is -2.25. The average Bonchev–Trinajstić information content (AvgIpc) is 1.53. The molecule has 12 aromatic rings. The summed E-state index contributed by atoms with van der Waals surface area (Å²) in [5.41, 5.74) is 9.43. The van der Waals surface area contributed by atoms with Crippen LogP contribution in [0.15, 0.2) is 36.4 Å². The lowest BCUT2D eigenvalue weighted by Crippen LogP contribution is -2.38. The minimum atomic E-state index is -4.07. The van der Waals surface area contributed by atoms with Crippen LogP contribution >= 0.6 is 136 Å². The van der Waals surface area contributed by atoms with E-state index in [-0.39, 0.29) is 12.8 Å². The molecule has 0 N–H and O–H groups in total. The molecule has 0 aromatic carbocycles. The molecule has 103 heavy (non-hydrogen) atoms. The van der Waals surface area contributed by atoms with Gasteiger partial charge in [0.05, 0.1) is 5.41 Å². The quantitative estimate of drug-likeness (QED) is 0.142. The predicted molar refractivity (Wildman–Crippen MR) is 468 cm³/mol. The predicted octanol–water partition coefficient (Wildman–Crippen LogP) is 34.9. The van der Waals surface area contributed by atoms with Crippen LogP contribution in [0.4, 0.5) is 13.2 Å². The second kappa shape index (κ2) is 33.0. The van der Waals surface area contributed by atoms with Gasteiger partial charge in [0, 0.05) is 115 Å². The molecule has 0 aliphatic heterocycles. The molecule has 0 nitrogen and oxygen atoms in total. The van der Waals surface area contributed by atoms with Crippen molar-refractivity contribution in [3.63, 3.8) is 0 Å². The first kappa shape index (κ1) is 78.9. The highest BCUT2D eigenvalue weighted by atomic mass is 32.1. The summed E-state index contributed by atoms with van der Waals surface area (Å²) in [4.78, 5) is 17.7. The molecule has 0 amide bonds. The van der Waals surface area contributed by atoms with Crippen molar-refractivity contribution in [1.29, 1.82) is 0 Å². The van der Waals surface area contributed by atoms with Crippen LogP contribution in [-0.4, -0.2) is 6.18 Å². The zero-order valence-corrected chi connectivity index (χ0v) is 74.3. The molecule has 0 radical (unpaired) electrons. The molecule has 18 rings (SSSR count). The summed E-state index contributed by atoms with van der Waals surface area (Å²) in [5.74, 6) is 3.83. The highest BCUT2D eigenvalue weighted by Crippen LogP contribution is 2.56. The van der Waals surface area contributed by atoms with Gasteiger partial charge >= 0.3 is 6.18 Å². The SMILES string of the molecule is Cc1cc2sc(C)c(C3CCC(C)(C(F)(F)F)CC3)c2s1.Cc1cc2sc(C)c(C3CCC(C)(C)CC3)c2s1.Cc1cc2sc(C)c(C3CCCC3)c2s1.Cc1cc2sc(C)c(C3CCCCC3)c2s1.Cc1cc2sc(C)c(CC3(C)CCCC3)c2s1.Cc1cc2sc(C)c(CC3CCCC3)c2s1. The first-order valence-corrected chi connectivity index (χ1v) is 48.8. The zero-order valence-electron chi connectivity index (χ0n) is 64.5. The molecule has 6 fully saturated rings. The summed E-state index contributed by atoms with van der Waals surface area (Å²) in [6.45, 7) is 35.6. The number of hydrogen-bond donors (Lipinski definition) is 0. The van der Waals surface area contributed by atoms with E-state index >= 15 is 0 Å². The van der Waals surface area contributed by atoms with E-state index in [0.29, 0.717) is 29.6 Å². The molecule has 6 aliphatic rings. The molecular weight excluding hydrogens is 1500 g/mol. The first-order valence-electron chi connectivity index (χ1n) is 39.0. The molecule has 0 unspecified atom stereocenters. The van der Waals surface area contributed by atoms with Gasteiger partial charge < -0.3 is 0 Å². The van der Waals surface area contributed by atoms with Crippen LogP contribution in [0.2, 0.25) is 0 Å². The summed E-state index contributed by atoms with van der Waals surface area (Å²) in [6.07, 6.45) is 30.4. The fraction of sp³-hybridized carbons (Fsp3) is 0.591. The number of rotatable bonds is 8. The highest BCUT2D eigenvalue weighted by molar-refractivity contribution is 7.31. The topological polar surface area (TPSA) is 0 Å². The fourth-order valence-corrected chi connectivity index (χ4v) is 34.1. The van der Waals surface area contributed by atoms with E-state index < -0.39 is 11.6 Å². The Morgan fingerprint density at radius 1 is 0.311 bits per heavy atom. The molecule has 15 heteroatoms. The number of aryl methyl sites for hydroxylation is 12. The lowest BCUT2D eigenvalue weighted by Gasteiger charge is -2.38. The van der Waals surface area contributed by atoms with Crippen LogP contribution in [0.5, 0.6) is 0 Å². The van der Waals surface area contributed by atoms with Gasteiger partial charge in [-0.05, 0) is 296 Å². The van der Waals surface area contributed by atoms with E-state index in [0.717, 1.165) is 23.7 Å². The van der Waals surface area contributed by atoms with Gasteiger partial charge in [-0.2, -0.15) is 13.2 Å². The van der Waals surface area contributed by atoms with Gasteiger partial charge in [0.25, 0.3) is 0 Å². The van der Waals surface area contributed by atoms with Crippen LogP contribution in [0.3, 0.4) is 0 Å². The summed E-state index contributed by atoms with van der Waals surface area (Å²) >= 11 is 23.6. The van der Waals surface area contributed by atoms with Gasteiger partial charge in [-0.3, -0.25) is 0 Å². The molecule has 12 heterocycles. The van der Waals surface area contributed by atoms with Gasteiger partial charge in [0.15, 0.2) is 0 Å². The molecule has 12 aromatic heterocycles. The zero-order chi connectivity index (χ0) is 73.0. The number of thiophene rings is 12. The van der Waals surface area contributed by atoms with Gasteiger partial charge in [-0.25, -0.2) is 0 Å². The van der Waals surface area contributed by atoms with Crippen LogP contribution in [0.1, 0.15) is 304 Å². The van der Waals surface area contributed by atoms with E-state index in [4.69, 9.17) is 0 Å². The van der Waals surface area contributed by atoms with Crippen LogP contribution in [0, 0.1) is 105 Å². The normalized spacial score (nSPS) is 20.6. The Morgan fingerprint density at radius 3 is 0.951 bits per heavy atom. The fourth-order valence-electron chi connectivity index (χ4n) is 18.7. The molecule has 0 spiro atoms. The van der Waals surface area contributed by atoms with Crippen molar-refractivity contribution < 1.29 is 13.2 Å². The Kier molecular flexibility index (Phi) is 25.2. The van der Waals surface area contributed by atoms with Crippen LogP contribution in [-0.2, 0) is 12.8 Å². The Labute approximate surface area is 663 Å². The maximum absolute atomic E-state index is 13.1. The van der Waals surface area contributed by atoms with Crippen molar-refractivity contribution in [2.45, 2.75) is 314 Å². The molecular formula is C88H113F3S12. The minimum absolute atomic E-state index is 0.252. The van der Waals surface area contributed by atoms with E-state index in [2.05, 4.69) is 140 Å². The molecule has 0 saturated heterocycles. The Balaban J connectivity index is 0.000000110. The van der Waals surface area contributed by atoms with E-state index in [1.807, 2.05) is 113 Å². The number of halogens is 3. The monoisotopic (exact) mass is 1610 g/mol. The Morgan fingerprint density at radius 2 is 0.592 bits per heavy atom. The van der Waals surface area contributed by atoms with Crippen molar-refractivity contribution in [3.05, 3.63) is 128 Å². The first-order chi connectivity index (χ1) is 49.0. The Bertz CT molecular complexity index is 4800. The minimum Gasteiger partial charge on any atom is -0.171 e. The van der Waals surface area contributed by atoms with Crippen molar-refractivity contribution in [3.8, 4) is 0 Å². The third kappa shape index (κ3) is 17.9. The highest BCUT2D eigenvalue weighted by Gasteiger charge is 2.52. The van der Waals surface area contributed by atoms with Gasteiger partial charge in [0.1, 0.15) is 0 Å². The van der Waals surface area contributed by atoms with Crippen molar-refractivity contribution >= 4 is 192 Å².